The van der Waals surface area contributed by atoms with Crippen LogP contribution in [0.5, 0.6) is 0 Å². The quantitative estimate of drug-likeness (QED) is 0.717. The van der Waals surface area contributed by atoms with Gasteiger partial charge in [0.2, 0.25) is 6.54 Å². The lowest BCUT2D eigenvalue weighted by atomic mass is 10.1. The molecule has 0 fully saturated rings. The summed E-state index contributed by atoms with van der Waals surface area (Å²) in [7, 11) is 0. The van der Waals surface area contributed by atoms with Gasteiger partial charge in [0.15, 0.2) is 0 Å². The Morgan fingerprint density at radius 1 is 1.26 bits per heavy atom. The highest BCUT2D eigenvalue weighted by Gasteiger charge is 2.08. The minimum absolute atomic E-state index is 0. The molecule has 19 heavy (non-hydrogen) atoms. The minimum Gasteiger partial charge on any atom is -0.393 e. The molecule has 112 valence electrons. The lowest BCUT2D eigenvalue weighted by molar-refractivity contribution is -0.119. The highest BCUT2D eigenvalue weighted by atomic mass is 16.3. The first-order chi connectivity index (χ1) is 8.83. The van der Waals surface area contributed by atoms with Gasteiger partial charge in [0.05, 0.1) is 6.10 Å². The van der Waals surface area contributed by atoms with E-state index in [2.05, 4.69) is 11.4 Å². The Labute approximate surface area is 117 Å². The van der Waals surface area contributed by atoms with Gasteiger partial charge < -0.3 is 15.1 Å². The van der Waals surface area contributed by atoms with Crippen LogP contribution in [0.1, 0.15) is 42.9 Å². The second-order valence-electron chi connectivity index (χ2n) is 3.87. The van der Waals surface area contributed by atoms with Gasteiger partial charge in [0.25, 0.3) is 0 Å². The summed E-state index contributed by atoms with van der Waals surface area (Å²) in [5, 5.41) is 24.1. The summed E-state index contributed by atoms with van der Waals surface area (Å²) in [5.74, 6) is -0.0227. The Morgan fingerprint density at radius 2 is 1.63 bits per heavy atom. The maximum Gasteiger partial charge on any atom is 0.240 e. The molecule has 0 aromatic rings. The lowest BCUT2D eigenvalue weighted by Gasteiger charge is -2.01. The zero-order valence-corrected chi connectivity index (χ0v) is 11.7. The summed E-state index contributed by atoms with van der Waals surface area (Å²) in [6, 6.07) is 0. The largest absolute Gasteiger partial charge is 0.393 e. The number of carbonyl (C=O) groups excluding carboxylic acids is 2. The molecule has 0 spiro atoms. The van der Waals surface area contributed by atoms with Gasteiger partial charge in [-0.15, -0.1) is 0 Å². The van der Waals surface area contributed by atoms with E-state index in [9.17, 15) is 9.59 Å². The maximum absolute atomic E-state index is 10.3. The number of ketones is 2. The fourth-order valence-electron chi connectivity index (χ4n) is 0.978. The molecule has 0 heterocycles. The number of Topliss-reactive ketones (excluding diaryl/α,β-unsaturated/α-hetero) is 2. The molecule has 0 aliphatic carbocycles. The van der Waals surface area contributed by atoms with Crippen LogP contribution in [0.4, 0.5) is 0 Å². The first kappa shape index (κ1) is 22.4. The predicted octanol–water partition coefficient (Wildman–Crippen LogP) is 1.61. The van der Waals surface area contributed by atoms with Crippen molar-refractivity contribution in [3.05, 3.63) is 11.4 Å². The van der Waals surface area contributed by atoms with Crippen molar-refractivity contribution in [3.8, 4) is 6.57 Å². The van der Waals surface area contributed by atoms with Crippen molar-refractivity contribution in [1.82, 2.24) is 0 Å². The summed E-state index contributed by atoms with van der Waals surface area (Å²) in [6.45, 7) is 14.6. The number of aliphatic hydroxyl groups is 2. The minimum atomic E-state index is -0.764. The topological polar surface area (TPSA) is 103 Å². The van der Waals surface area contributed by atoms with Gasteiger partial charge in [-0.1, -0.05) is 6.92 Å². The van der Waals surface area contributed by atoms with Crippen LogP contribution >= 0.6 is 0 Å². The third-order valence-corrected chi connectivity index (χ3v) is 1.82. The van der Waals surface area contributed by atoms with Crippen molar-refractivity contribution in [1.29, 1.82) is 5.26 Å². The summed E-state index contributed by atoms with van der Waals surface area (Å²) in [4.78, 5) is 23.5. The van der Waals surface area contributed by atoms with Gasteiger partial charge in [-0.2, -0.15) is 0 Å². The second kappa shape index (κ2) is 16.2. The number of hydrogen-bond donors (Lipinski definition) is 2. The van der Waals surface area contributed by atoms with E-state index >= 15 is 0 Å². The number of nitrogens with zero attached hydrogens (tertiary/aromatic N) is 2. The van der Waals surface area contributed by atoms with Crippen molar-refractivity contribution in [2.75, 3.05) is 6.54 Å². The van der Waals surface area contributed by atoms with E-state index in [0.717, 1.165) is 0 Å². The number of carbonyl (C=O) groups is 2. The smallest absolute Gasteiger partial charge is 0.240 e. The molecule has 0 aliphatic heterocycles. The van der Waals surface area contributed by atoms with Crippen molar-refractivity contribution >= 4 is 11.6 Å². The van der Waals surface area contributed by atoms with E-state index in [1.165, 1.54) is 13.8 Å². The predicted molar refractivity (Wildman–Crippen MR) is 75.3 cm³/mol. The molecule has 0 aliphatic rings. The molecule has 0 radical (unpaired) electrons. The van der Waals surface area contributed by atoms with E-state index in [0.29, 0.717) is 12.8 Å². The highest BCUT2D eigenvalue weighted by Crippen LogP contribution is 1.95. The zero-order valence-electron chi connectivity index (χ0n) is 11.7. The third-order valence-electron chi connectivity index (χ3n) is 1.82. The highest BCUT2D eigenvalue weighted by molar-refractivity contribution is 5.76. The Kier molecular flexibility index (Phi) is 19.2. The molecular weight excluding hydrogens is 248 g/mol. The molecule has 2 atom stereocenters. The molecule has 6 nitrogen and oxygen atoms in total. The molecule has 6 heteroatoms. The van der Waals surface area contributed by atoms with Crippen molar-refractivity contribution in [3.63, 3.8) is 0 Å². The monoisotopic (exact) mass is 275 g/mol. The Bertz CT molecular complexity index is 317. The summed E-state index contributed by atoms with van der Waals surface area (Å²) in [6.07, 6.45) is -0.120. The van der Waals surface area contributed by atoms with Crippen molar-refractivity contribution in [2.24, 2.45) is 0 Å². The molecule has 0 rings (SSSR count). The molecular formula is C13H26N2O4. The van der Waals surface area contributed by atoms with Gasteiger partial charge in [-0.3, -0.25) is 9.59 Å². The molecule has 0 saturated carbocycles. The molecule has 2 unspecified atom stereocenters. The fraction of sp³-hybridized carbons (Fsp3) is 0.692. The maximum atomic E-state index is 10.3. The molecule has 0 bridgehead atoms. The van der Waals surface area contributed by atoms with Crippen molar-refractivity contribution < 1.29 is 22.7 Å². The molecule has 0 aromatic carbocycles. The van der Waals surface area contributed by atoms with Gasteiger partial charge in [0, 0.05) is 22.3 Å². The molecule has 0 saturated heterocycles. The van der Waals surface area contributed by atoms with Crippen LogP contribution in [-0.4, -0.2) is 40.5 Å². The normalized spacial score (nSPS) is 11.5. The fourth-order valence-corrected chi connectivity index (χ4v) is 0.978. The molecule has 0 aromatic heterocycles. The third kappa shape index (κ3) is 26.1. The number of hydrogen-bond acceptors (Lipinski definition) is 5. The van der Waals surface area contributed by atoms with Gasteiger partial charge in [-0.05, 0) is 20.3 Å². The van der Waals surface area contributed by atoms with Crippen LogP contribution in [-0.2, 0) is 9.59 Å². The van der Waals surface area contributed by atoms with E-state index in [1.807, 2.05) is 6.92 Å². The Hall–Kier alpha value is -1.76. The van der Waals surface area contributed by atoms with Crippen LogP contribution in [0.3, 0.4) is 0 Å². The van der Waals surface area contributed by atoms with Crippen LogP contribution in [0, 0.1) is 18.4 Å². The average molecular weight is 275 g/mol. The second-order valence-corrected chi connectivity index (χ2v) is 3.87. The summed E-state index contributed by atoms with van der Waals surface area (Å²) < 4.78 is 0. The molecule has 0 amide bonds. The van der Waals surface area contributed by atoms with E-state index in [4.69, 9.17) is 22.0 Å². The summed E-state index contributed by atoms with van der Waals surface area (Å²) >= 11 is 0. The van der Waals surface area contributed by atoms with Gasteiger partial charge >= 0.3 is 0 Å². The first-order valence-corrected chi connectivity index (χ1v) is 5.77. The Morgan fingerprint density at radius 3 is 1.84 bits per heavy atom. The van der Waals surface area contributed by atoms with Crippen LogP contribution < -0.4 is 0 Å². The lowest BCUT2D eigenvalue weighted by Crippen LogP contribution is -2.13. The van der Waals surface area contributed by atoms with Crippen LogP contribution in [0.2, 0.25) is 0 Å². The molecule has 2 N–H and O–H groups in total. The average Bonchev–Trinajstić information content (AvgIpc) is 2.30. The van der Waals surface area contributed by atoms with E-state index < -0.39 is 12.2 Å². The first-order valence-electron chi connectivity index (χ1n) is 5.77. The number of rotatable bonds is 6. The van der Waals surface area contributed by atoms with Crippen molar-refractivity contribution in [2.45, 2.75) is 52.2 Å². The standard InChI is InChI=1S/C6H9NO2.C6H12O2.CHN.2H2/c1-5(8)3-6(9)4-7-2;1-3-6(8)4-5(2)7;1-2;;/h6,9H,3-4H2,1H3;6,8H,3-4H2,1-2H3;1H;2*1H/i;;;1+1;. The van der Waals surface area contributed by atoms with Gasteiger partial charge in [0.1, 0.15) is 17.7 Å². The SMILES string of the molecule is C#N.CCC(O)CC(C)=O.[2HH].[C-]#[N+]CC(O)CC(C)=O.[HH]. The Balaban J connectivity index is -0.0000000671. The van der Waals surface area contributed by atoms with E-state index in [-0.39, 0.29) is 27.4 Å². The number of nitriles is 1. The van der Waals surface area contributed by atoms with Gasteiger partial charge in [-0.25, -0.2) is 11.8 Å². The van der Waals surface area contributed by atoms with E-state index in [1.54, 1.807) is 0 Å². The summed E-state index contributed by atoms with van der Waals surface area (Å²) in [5.41, 5.74) is 0. The van der Waals surface area contributed by atoms with Crippen LogP contribution in [0.25, 0.3) is 4.85 Å². The number of aliphatic hydroxyl groups excluding tert-OH is 2. The van der Waals surface area contributed by atoms with Crippen LogP contribution in [0.15, 0.2) is 0 Å². The zero-order chi connectivity index (χ0) is 15.8.